The van der Waals surface area contributed by atoms with E-state index < -0.39 is 5.69 Å². The Morgan fingerprint density at radius 2 is 1.90 bits per heavy atom. The van der Waals surface area contributed by atoms with Gasteiger partial charge in [-0.25, -0.2) is 4.79 Å². The van der Waals surface area contributed by atoms with Gasteiger partial charge in [0, 0.05) is 6.04 Å². The number of carbonyl (C=O) groups excluding carboxylic acids is 1. The zero-order chi connectivity index (χ0) is 20.7. The molecule has 2 aromatic heterocycles. The Kier molecular flexibility index (Phi) is 4.82. The molecule has 1 fully saturated rings. The molecule has 3 aromatic rings. The third-order valence-corrected chi connectivity index (χ3v) is 6.53. The molecule has 1 aromatic carbocycles. The van der Waals surface area contributed by atoms with Crippen LogP contribution in [0.15, 0.2) is 39.2 Å². The molecular weight excluding hydrogens is 406 g/mol. The van der Waals surface area contributed by atoms with E-state index >= 15 is 0 Å². The van der Waals surface area contributed by atoms with Crippen molar-refractivity contribution in [2.45, 2.75) is 44.8 Å². The molecule has 0 saturated heterocycles. The molecule has 156 valence electrons. The van der Waals surface area contributed by atoms with Crippen LogP contribution in [0, 0.1) is 0 Å². The number of carbonyl (C=O) groups is 1. The normalized spacial score (nSPS) is 15.7. The first-order valence-corrected chi connectivity index (χ1v) is 10.9. The summed E-state index contributed by atoms with van der Waals surface area (Å²) in [5.74, 6) is 1.03. The molecule has 0 unspecified atom stereocenters. The summed E-state index contributed by atoms with van der Waals surface area (Å²) in [6, 6.07) is 7.22. The number of amides is 1. The van der Waals surface area contributed by atoms with Crippen molar-refractivity contribution < 1.29 is 14.3 Å². The molecule has 9 heteroatoms. The molecule has 0 atom stereocenters. The third-order valence-electron chi connectivity index (χ3n) is 5.64. The van der Waals surface area contributed by atoms with Gasteiger partial charge in [0.15, 0.2) is 11.5 Å². The molecule has 0 bridgehead atoms. The predicted octanol–water partition coefficient (Wildman–Crippen LogP) is 2.06. The second-order valence-corrected chi connectivity index (χ2v) is 8.55. The Morgan fingerprint density at radius 3 is 2.73 bits per heavy atom. The summed E-state index contributed by atoms with van der Waals surface area (Å²) in [5, 5.41) is 4.78. The smallest absolute Gasteiger partial charge is 0.332 e. The Morgan fingerprint density at radius 1 is 1.10 bits per heavy atom. The molecular formula is C21H21N3O5S. The zero-order valence-electron chi connectivity index (χ0n) is 16.3. The average Bonchev–Trinajstić information content (AvgIpc) is 3.49. The van der Waals surface area contributed by atoms with Gasteiger partial charge in [-0.2, -0.15) is 0 Å². The van der Waals surface area contributed by atoms with E-state index in [0.29, 0.717) is 21.7 Å². The Balaban J connectivity index is 1.50. The highest BCUT2D eigenvalue weighted by Crippen LogP contribution is 2.32. The molecule has 2 aliphatic rings. The summed E-state index contributed by atoms with van der Waals surface area (Å²) < 4.78 is 13.7. The molecule has 1 saturated carbocycles. The van der Waals surface area contributed by atoms with Gasteiger partial charge in [-0.1, -0.05) is 18.9 Å². The van der Waals surface area contributed by atoms with Gasteiger partial charge < -0.3 is 14.8 Å². The Bertz CT molecular complexity index is 1240. The first-order valence-electron chi connectivity index (χ1n) is 9.99. The quantitative estimate of drug-likeness (QED) is 0.673. The van der Waals surface area contributed by atoms with Gasteiger partial charge in [0.1, 0.15) is 11.2 Å². The Labute approximate surface area is 175 Å². The Hall–Kier alpha value is -3.07. The molecule has 1 aliphatic heterocycles. The summed E-state index contributed by atoms with van der Waals surface area (Å²) >= 11 is 1.27. The highest BCUT2D eigenvalue weighted by Gasteiger charge is 2.21. The van der Waals surface area contributed by atoms with E-state index in [2.05, 4.69) is 5.32 Å². The largest absolute Gasteiger partial charge is 0.454 e. The molecule has 8 nitrogen and oxygen atoms in total. The van der Waals surface area contributed by atoms with Crippen LogP contribution < -0.4 is 26.0 Å². The summed E-state index contributed by atoms with van der Waals surface area (Å²) in [6.45, 7) is 0.138. The van der Waals surface area contributed by atoms with Crippen molar-refractivity contribution in [3.63, 3.8) is 0 Å². The summed E-state index contributed by atoms with van der Waals surface area (Å²) in [6.07, 6.45) is 4.16. The summed E-state index contributed by atoms with van der Waals surface area (Å²) in [7, 11) is 0. The fourth-order valence-electron chi connectivity index (χ4n) is 4.13. The van der Waals surface area contributed by atoms with Crippen LogP contribution in [0.25, 0.3) is 10.2 Å². The van der Waals surface area contributed by atoms with Crippen molar-refractivity contribution in [3.05, 3.63) is 56.0 Å². The van der Waals surface area contributed by atoms with Gasteiger partial charge in [-0.3, -0.25) is 18.7 Å². The van der Waals surface area contributed by atoms with Crippen molar-refractivity contribution in [3.8, 4) is 11.5 Å². The first kappa shape index (κ1) is 18.9. The van der Waals surface area contributed by atoms with Crippen LogP contribution in [0.3, 0.4) is 0 Å². The average molecular weight is 427 g/mol. The molecule has 1 aliphatic carbocycles. The van der Waals surface area contributed by atoms with Gasteiger partial charge in [0.25, 0.3) is 5.56 Å². The third kappa shape index (κ3) is 3.39. The standard InChI is InChI=1S/C21H21N3O5S/c25-18(22-14-3-1-2-4-14)11-23-15-7-8-30-19(15)20(26)24(21(23)27)10-13-5-6-16-17(9-13)29-12-28-16/h5-9,14H,1-4,10-12H2,(H,22,25). The number of thiophene rings is 1. The van der Waals surface area contributed by atoms with E-state index in [1.807, 2.05) is 0 Å². The van der Waals surface area contributed by atoms with Gasteiger partial charge in [0.05, 0.1) is 12.1 Å². The number of rotatable bonds is 5. The maximum absolute atomic E-state index is 13.2. The number of hydrogen-bond donors (Lipinski definition) is 1. The van der Waals surface area contributed by atoms with Crippen molar-refractivity contribution >= 4 is 27.5 Å². The number of hydrogen-bond acceptors (Lipinski definition) is 6. The van der Waals surface area contributed by atoms with E-state index in [4.69, 9.17) is 9.47 Å². The van der Waals surface area contributed by atoms with Crippen molar-refractivity contribution in [1.29, 1.82) is 0 Å². The van der Waals surface area contributed by atoms with Gasteiger partial charge >= 0.3 is 5.69 Å². The monoisotopic (exact) mass is 427 g/mol. The number of aromatic nitrogens is 2. The minimum atomic E-state index is -0.495. The number of ether oxygens (including phenoxy) is 2. The highest BCUT2D eigenvalue weighted by molar-refractivity contribution is 7.17. The van der Waals surface area contributed by atoms with Crippen molar-refractivity contribution in [2.24, 2.45) is 0 Å². The second kappa shape index (κ2) is 7.64. The minimum absolute atomic E-state index is 0.0897. The highest BCUT2D eigenvalue weighted by atomic mass is 32.1. The fourth-order valence-corrected chi connectivity index (χ4v) is 4.98. The molecule has 0 spiro atoms. The van der Waals surface area contributed by atoms with E-state index in [0.717, 1.165) is 31.2 Å². The maximum atomic E-state index is 13.2. The number of nitrogens with zero attached hydrogens (tertiary/aromatic N) is 2. The van der Waals surface area contributed by atoms with Gasteiger partial charge in [-0.05, 0) is 42.0 Å². The summed E-state index contributed by atoms with van der Waals surface area (Å²) in [4.78, 5) is 38.8. The lowest BCUT2D eigenvalue weighted by molar-refractivity contribution is -0.122. The van der Waals surface area contributed by atoms with E-state index in [9.17, 15) is 14.4 Å². The first-order chi connectivity index (χ1) is 14.6. The van der Waals surface area contributed by atoms with Crippen LogP contribution in [-0.4, -0.2) is 27.9 Å². The molecule has 0 radical (unpaired) electrons. The molecule has 1 N–H and O–H groups in total. The van der Waals surface area contributed by atoms with Crippen LogP contribution in [0.1, 0.15) is 31.2 Å². The topological polar surface area (TPSA) is 91.6 Å². The van der Waals surface area contributed by atoms with E-state index in [1.54, 1.807) is 29.6 Å². The number of fused-ring (bicyclic) bond motifs is 2. The minimum Gasteiger partial charge on any atom is -0.454 e. The maximum Gasteiger partial charge on any atom is 0.332 e. The predicted molar refractivity (Wildman–Crippen MR) is 112 cm³/mol. The van der Waals surface area contributed by atoms with Gasteiger partial charge in [0.2, 0.25) is 12.7 Å². The lowest BCUT2D eigenvalue weighted by Crippen LogP contribution is -2.43. The van der Waals surface area contributed by atoms with E-state index in [1.165, 1.54) is 20.5 Å². The van der Waals surface area contributed by atoms with Crippen LogP contribution in [0.2, 0.25) is 0 Å². The van der Waals surface area contributed by atoms with Gasteiger partial charge in [-0.15, -0.1) is 11.3 Å². The van der Waals surface area contributed by atoms with Crippen LogP contribution in [0.5, 0.6) is 11.5 Å². The fraction of sp³-hybridized carbons (Fsp3) is 0.381. The lowest BCUT2D eigenvalue weighted by Gasteiger charge is -2.15. The zero-order valence-corrected chi connectivity index (χ0v) is 17.1. The SMILES string of the molecule is O=C(Cn1c(=O)n(Cc2ccc3c(c2)OCO3)c(=O)c2sccc21)NC1CCCC1. The van der Waals surface area contributed by atoms with E-state index in [-0.39, 0.29) is 37.4 Å². The molecule has 1 amide bonds. The van der Waals surface area contributed by atoms with Crippen LogP contribution >= 0.6 is 11.3 Å². The van der Waals surface area contributed by atoms with Crippen LogP contribution in [0.4, 0.5) is 0 Å². The summed E-state index contributed by atoms with van der Waals surface area (Å²) in [5.41, 5.74) is 0.398. The lowest BCUT2D eigenvalue weighted by atomic mass is 10.2. The van der Waals surface area contributed by atoms with Crippen molar-refractivity contribution in [1.82, 2.24) is 14.5 Å². The molecule has 30 heavy (non-hydrogen) atoms. The molecule has 5 rings (SSSR count). The number of nitrogens with one attached hydrogen (secondary N) is 1. The second-order valence-electron chi connectivity index (χ2n) is 7.63. The van der Waals surface area contributed by atoms with Crippen molar-refractivity contribution in [2.75, 3.05) is 6.79 Å². The van der Waals surface area contributed by atoms with Crippen LogP contribution in [-0.2, 0) is 17.9 Å². The molecule has 3 heterocycles. The number of benzene rings is 1.